The van der Waals surface area contributed by atoms with Crippen LogP contribution in [0.15, 0.2) is 0 Å². The van der Waals surface area contributed by atoms with Crippen LogP contribution < -0.4 is 0 Å². The quantitative estimate of drug-likeness (QED) is 0.148. The van der Waals surface area contributed by atoms with Gasteiger partial charge in [0, 0.05) is 11.0 Å². The van der Waals surface area contributed by atoms with Gasteiger partial charge in [0.05, 0.1) is 0 Å². The second-order valence-corrected chi connectivity index (χ2v) is 10.3. The summed E-state index contributed by atoms with van der Waals surface area (Å²) in [6.07, 6.45) is 14.5. The average molecular weight is 388 g/mol. The molecule has 0 aliphatic carbocycles. The predicted octanol–water partition coefficient (Wildman–Crippen LogP) is 8.51. The molecule has 0 saturated carbocycles. The Kier molecular flexibility index (Phi) is 18.1. The van der Waals surface area contributed by atoms with Crippen LogP contribution in [0.4, 0.5) is 0 Å². The van der Waals surface area contributed by atoms with Gasteiger partial charge in [0.2, 0.25) is 0 Å². The highest BCUT2D eigenvalue weighted by Gasteiger charge is 2.24. The van der Waals surface area contributed by atoms with E-state index in [0.29, 0.717) is 5.25 Å². The van der Waals surface area contributed by atoms with Gasteiger partial charge in [-0.2, -0.15) is 0 Å². The molecule has 4 heteroatoms. The Morgan fingerprint density at radius 2 is 1.32 bits per heavy atom. The Morgan fingerprint density at radius 3 is 1.73 bits per heavy atom. The number of unbranched alkanes of at least 4 members (excludes halogenated alkanes) is 6. The molecule has 0 saturated heterocycles. The number of hydrogen-bond donors (Lipinski definition) is 0. The van der Waals surface area contributed by atoms with Gasteiger partial charge in [0.15, 0.2) is 0 Å². The summed E-state index contributed by atoms with van der Waals surface area (Å²) in [6.45, 7) is 6.79. The highest BCUT2D eigenvalue weighted by molar-refractivity contribution is 8.76. The maximum Gasteiger partial charge on any atom is 0.108 e. The highest BCUT2D eigenvalue weighted by atomic mass is 35.5. The molecule has 1 atom stereocenters. The summed E-state index contributed by atoms with van der Waals surface area (Å²) in [4.78, 5) is -0.219. The van der Waals surface area contributed by atoms with Crippen molar-refractivity contribution in [3.05, 3.63) is 0 Å². The Bertz CT molecular complexity index is 213. The molecular formula is C18H36Cl2S2. The lowest BCUT2D eigenvalue weighted by Gasteiger charge is -2.27. The van der Waals surface area contributed by atoms with Crippen LogP contribution in [0.2, 0.25) is 0 Å². The maximum absolute atomic E-state index is 6.11. The van der Waals surface area contributed by atoms with Gasteiger partial charge < -0.3 is 0 Å². The number of alkyl halides is 2. The topological polar surface area (TPSA) is 0 Å². The second kappa shape index (κ2) is 17.1. The first kappa shape index (κ1) is 23.3. The summed E-state index contributed by atoms with van der Waals surface area (Å²) in [5.74, 6) is 1.95. The number of hydrogen-bond acceptors (Lipinski definition) is 2. The third-order valence-electron chi connectivity index (χ3n) is 4.10. The molecule has 0 radical (unpaired) electrons. The SMILES string of the molecule is CCCCCCC(CCCCCC)C(CC(Cl)Cl)SSCC. The lowest BCUT2D eigenvalue weighted by atomic mass is 9.90. The van der Waals surface area contributed by atoms with Gasteiger partial charge in [-0.25, -0.2) is 0 Å². The second-order valence-electron chi connectivity index (χ2n) is 6.13. The smallest absolute Gasteiger partial charge is 0.105 e. The van der Waals surface area contributed by atoms with E-state index in [2.05, 4.69) is 20.8 Å². The van der Waals surface area contributed by atoms with E-state index in [9.17, 15) is 0 Å². The molecule has 0 bridgehead atoms. The van der Waals surface area contributed by atoms with Crippen molar-refractivity contribution in [1.29, 1.82) is 0 Å². The zero-order valence-electron chi connectivity index (χ0n) is 14.8. The van der Waals surface area contributed by atoms with Gasteiger partial charge in [-0.1, -0.05) is 93.7 Å². The summed E-state index contributed by atoms with van der Waals surface area (Å²) < 4.78 is 0. The molecule has 0 aromatic rings. The summed E-state index contributed by atoms with van der Waals surface area (Å²) >= 11 is 12.2. The van der Waals surface area contributed by atoms with E-state index in [0.717, 1.165) is 18.1 Å². The molecule has 0 amide bonds. The summed E-state index contributed by atoms with van der Waals surface area (Å²) in [5.41, 5.74) is 0. The van der Waals surface area contributed by atoms with E-state index in [4.69, 9.17) is 23.2 Å². The van der Waals surface area contributed by atoms with Crippen molar-refractivity contribution in [2.75, 3.05) is 5.75 Å². The van der Waals surface area contributed by atoms with Gasteiger partial charge >= 0.3 is 0 Å². The molecule has 1 unspecified atom stereocenters. The van der Waals surface area contributed by atoms with Gasteiger partial charge in [-0.3, -0.25) is 0 Å². The maximum atomic E-state index is 6.11. The molecule has 0 rings (SSSR count). The van der Waals surface area contributed by atoms with Crippen molar-refractivity contribution in [2.45, 2.75) is 101 Å². The van der Waals surface area contributed by atoms with Gasteiger partial charge in [0.1, 0.15) is 4.84 Å². The van der Waals surface area contributed by atoms with Crippen molar-refractivity contribution in [1.82, 2.24) is 0 Å². The normalized spacial score (nSPS) is 13.2. The van der Waals surface area contributed by atoms with Gasteiger partial charge in [0.25, 0.3) is 0 Å². The van der Waals surface area contributed by atoms with Gasteiger partial charge in [-0.05, 0) is 25.2 Å². The van der Waals surface area contributed by atoms with Crippen molar-refractivity contribution in [3.63, 3.8) is 0 Å². The zero-order valence-corrected chi connectivity index (χ0v) is 17.9. The molecule has 0 spiro atoms. The van der Waals surface area contributed by atoms with E-state index in [-0.39, 0.29) is 4.84 Å². The van der Waals surface area contributed by atoms with Crippen LogP contribution in [0.25, 0.3) is 0 Å². The Labute approximate surface area is 157 Å². The van der Waals surface area contributed by atoms with Crippen LogP contribution in [-0.4, -0.2) is 15.8 Å². The molecule has 0 aliphatic rings. The minimum absolute atomic E-state index is 0.219. The molecule has 0 fully saturated rings. The summed E-state index contributed by atoms with van der Waals surface area (Å²) in [6, 6.07) is 0. The fraction of sp³-hybridized carbons (Fsp3) is 1.00. The first-order valence-corrected chi connectivity index (χ1v) is 12.5. The fourth-order valence-corrected chi connectivity index (χ4v) is 6.07. The van der Waals surface area contributed by atoms with Crippen molar-refractivity contribution < 1.29 is 0 Å². The fourth-order valence-electron chi connectivity index (χ4n) is 2.82. The number of rotatable bonds is 16. The zero-order chi connectivity index (χ0) is 16.6. The molecule has 0 heterocycles. The minimum atomic E-state index is -0.219. The van der Waals surface area contributed by atoms with E-state index < -0.39 is 0 Å². The van der Waals surface area contributed by atoms with Crippen LogP contribution in [0.5, 0.6) is 0 Å². The summed E-state index contributed by atoms with van der Waals surface area (Å²) in [7, 11) is 4.01. The third-order valence-corrected chi connectivity index (χ3v) is 7.51. The largest absolute Gasteiger partial charge is 0.108 e. The molecule has 0 nitrogen and oxygen atoms in total. The van der Waals surface area contributed by atoms with Crippen LogP contribution in [0.3, 0.4) is 0 Å². The molecule has 22 heavy (non-hydrogen) atoms. The molecule has 134 valence electrons. The van der Waals surface area contributed by atoms with E-state index in [1.165, 1.54) is 64.2 Å². The van der Waals surface area contributed by atoms with Crippen molar-refractivity contribution in [3.8, 4) is 0 Å². The average Bonchev–Trinajstić information content (AvgIpc) is 2.49. The predicted molar refractivity (Wildman–Crippen MR) is 111 cm³/mol. The first-order valence-electron chi connectivity index (χ1n) is 9.22. The molecule has 0 aromatic carbocycles. The first-order chi connectivity index (χ1) is 10.7. The van der Waals surface area contributed by atoms with Crippen LogP contribution >= 0.6 is 44.8 Å². The number of halogens is 2. The van der Waals surface area contributed by atoms with Crippen LogP contribution in [0, 0.1) is 5.92 Å². The Hall–Kier alpha value is 1.28. The Balaban J connectivity index is 4.41. The highest BCUT2D eigenvalue weighted by Crippen LogP contribution is 2.39. The minimum Gasteiger partial charge on any atom is -0.105 e. The molecule has 0 aliphatic heterocycles. The van der Waals surface area contributed by atoms with E-state index in [1.807, 2.05) is 21.6 Å². The lowest BCUT2D eigenvalue weighted by Crippen LogP contribution is -2.19. The van der Waals surface area contributed by atoms with Gasteiger partial charge in [-0.15, -0.1) is 23.2 Å². The standard InChI is InChI=1S/C18H36Cl2S2/c1-4-7-9-11-13-16(14-12-10-8-5-2)17(15-18(19)20)22-21-6-3/h16-18H,4-15H2,1-3H3. The van der Waals surface area contributed by atoms with Crippen LogP contribution in [0.1, 0.15) is 91.4 Å². The molecular weight excluding hydrogens is 351 g/mol. The lowest BCUT2D eigenvalue weighted by molar-refractivity contribution is 0.388. The van der Waals surface area contributed by atoms with Crippen molar-refractivity contribution >= 4 is 44.8 Å². The summed E-state index contributed by atoms with van der Waals surface area (Å²) in [5, 5.41) is 0.619. The van der Waals surface area contributed by atoms with E-state index >= 15 is 0 Å². The van der Waals surface area contributed by atoms with Crippen molar-refractivity contribution in [2.24, 2.45) is 5.92 Å². The Morgan fingerprint density at radius 1 is 0.773 bits per heavy atom. The monoisotopic (exact) mass is 386 g/mol. The molecule has 0 aromatic heterocycles. The van der Waals surface area contributed by atoms with E-state index in [1.54, 1.807) is 0 Å². The third kappa shape index (κ3) is 13.7. The van der Waals surface area contributed by atoms with Crippen LogP contribution in [-0.2, 0) is 0 Å². The molecule has 0 N–H and O–H groups in total.